The minimum Gasteiger partial charge on any atom is -0.492 e. The summed E-state index contributed by atoms with van der Waals surface area (Å²) in [5, 5.41) is 2.65. The van der Waals surface area contributed by atoms with E-state index in [0.717, 1.165) is 4.31 Å². The molecule has 0 aliphatic rings. The number of nitrogens with zero attached hydrogens (tertiary/aromatic N) is 1. The van der Waals surface area contributed by atoms with Crippen molar-refractivity contribution in [2.45, 2.75) is 4.90 Å². The molecule has 1 amide bonds. The third-order valence-electron chi connectivity index (χ3n) is 3.35. The minimum absolute atomic E-state index is 0.114. The Kier molecular flexibility index (Phi) is 6.11. The fraction of sp³-hybridized carbons (Fsp3) is 0.235. The Hall–Kier alpha value is -2.45. The molecular formula is C17H19FN2O4S. The number of rotatable bonds is 7. The monoisotopic (exact) mass is 366 g/mol. The van der Waals surface area contributed by atoms with Crippen LogP contribution in [0.15, 0.2) is 53.4 Å². The van der Waals surface area contributed by atoms with Crippen LogP contribution < -0.4 is 10.1 Å². The fourth-order valence-electron chi connectivity index (χ4n) is 1.98. The molecule has 8 heteroatoms. The summed E-state index contributed by atoms with van der Waals surface area (Å²) in [6, 6.07) is 11.4. The Bertz CT molecular complexity index is 836. The number of hydrogen-bond acceptors (Lipinski definition) is 4. The first-order valence-electron chi connectivity index (χ1n) is 7.50. The Morgan fingerprint density at radius 2 is 1.84 bits per heavy atom. The van der Waals surface area contributed by atoms with E-state index in [4.69, 9.17) is 4.74 Å². The SMILES string of the molecule is CN(C)S(=O)(=O)c1ccc(C(=O)NCCOc2cccc(F)c2)cc1. The zero-order chi connectivity index (χ0) is 18.4. The van der Waals surface area contributed by atoms with E-state index in [1.165, 1.54) is 56.6 Å². The highest BCUT2D eigenvalue weighted by Gasteiger charge is 2.17. The first kappa shape index (κ1) is 18.9. The molecule has 0 saturated heterocycles. The van der Waals surface area contributed by atoms with Crippen molar-refractivity contribution in [1.82, 2.24) is 9.62 Å². The quantitative estimate of drug-likeness (QED) is 0.760. The van der Waals surface area contributed by atoms with Gasteiger partial charge in [0.2, 0.25) is 10.0 Å². The Labute approximate surface area is 146 Å². The van der Waals surface area contributed by atoms with Crippen LogP contribution in [0.2, 0.25) is 0 Å². The lowest BCUT2D eigenvalue weighted by molar-refractivity contribution is 0.0947. The molecule has 0 radical (unpaired) electrons. The molecule has 0 aromatic heterocycles. The van der Waals surface area contributed by atoms with Gasteiger partial charge in [0, 0.05) is 25.7 Å². The maximum absolute atomic E-state index is 13.0. The molecule has 6 nitrogen and oxygen atoms in total. The van der Waals surface area contributed by atoms with E-state index < -0.39 is 15.8 Å². The smallest absolute Gasteiger partial charge is 0.251 e. The molecule has 0 spiro atoms. The zero-order valence-corrected chi connectivity index (χ0v) is 14.7. The number of amides is 1. The van der Waals surface area contributed by atoms with E-state index in [1.54, 1.807) is 6.07 Å². The molecule has 0 bridgehead atoms. The molecule has 0 heterocycles. The maximum atomic E-state index is 13.0. The summed E-state index contributed by atoms with van der Waals surface area (Å²) in [6.07, 6.45) is 0. The average molecular weight is 366 g/mol. The highest BCUT2D eigenvalue weighted by Crippen LogP contribution is 2.14. The lowest BCUT2D eigenvalue weighted by Gasteiger charge is -2.12. The normalized spacial score (nSPS) is 11.4. The molecule has 0 unspecified atom stereocenters. The van der Waals surface area contributed by atoms with Crippen LogP contribution in [-0.2, 0) is 10.0 Å². The van der Waals surface area contributed by atoms with Crippen LogP contribution in [0.4, 0.5) is 4.39 Å². The van der Waals surface area contributed by atoms with Crippen molar-refractivity contribution in [3.63, 3.8) is 0 Å². The third kappa shape index (κ3) is 5.01. The second-order valence-electron chi connectivity index (χ2n) is 5.37. The van der Waals surface area contributed by atoms with E-state index in [0.29, 0.717) is 11.3 Å². The van der Waals surface area contributed by atoms with Gasteiger partial charge in [0.1, 0.15) is 18.2 Å². The Morgan fingerprint density at radius 1 is 1.16 bits per heavy atom. The fourth-order valence-corrected chi connectivity index (χ4v) is 2.88. The minimum atomic E-state index is -3.52. The topological polar surface area (TPSA) is 75.7 Å². The van der Waals surface area contributed by atoms with Gasteiger partial charge in [-0.3, -0.25) is 4.79 Å². The average Bonchev–Trinajstić information content (AvgIpc) is 2.58. The van der Waals surface area contributed by atoms with Crippen LogP contribution in [0.5, 0.6) is 5.75 Å². The van der Waals surface area contributed by atoms with E-state index in [9.17, 15) is 17.6 Å². The highest BCUT2D eigenvalue weighted by molar-refractivity contribution is 7.89. The van der Waals surface area contributed by atoms with Gasteiger partial charge in [0.25, 0.3) is 5.91 Å². The van der Waals surface area contributed by atoms with Gasteiger partial charge in [-0.25, -0.2) is 17.1 Å². The van der Waals surface area contributed by atoms with E-state index in [-0.39, 0.29) is 24.0 Å². The predicted molar refractivity (Wildman–Crippen MR) is 91.5 cm³/mol. The van der Waals surface area contributed by atoms with E-state index in [1.807, 2.05) is 0 Å². The van der Waals surface area contributed by atoms with Gasteiger partial charge in [-0.05, 0) is 36.4 Å². The summed E-state index contributed by atoms with van der Waals surface area (Å²) in [5.74, 6) is -0.363. The standard InChI is InChI=1S/C17H19FN2O4S/c1-20(2)25(22,23)16-8-6-13(7-9-16)17(21)19-10-11-24-15-5-3-4-14(18)12-15/h3-9,12H,10-11H2,1-2H3,(H,19,21). The predicted octanol–water partition coefficient (Wildman–Crippen LogP) is 1.88. The molecule has 2 rings (SSSR count). The van der Waals surface area contributed by atoms with Crippen molar-refractivity contribution in [1.29, 1.82) is 0 Å². The van der Waals surface area contributed by atoms with E-state index >= 15 is 0 Å². The molecule has 0 atom stereocenters. The summed E-state index contributed by atoms with van der Waals surface area (Å²) in [5.41, 5.74) is 0.337. The van der Waals surface area contributed by atoms with Gasteiger partial charge < -0.3 is 10.1 Å². The third-order valence-corrected chi connectivity index (χ3v) is 5.18. The number of nitrogens with one attached hydrogen (secondary N) is 1. The van der Waals surface area contributed by atoms with Crippen molar-refractivity contribution < 1.29 is 22.3 Å². The number of sulfonamides is 1. The van der Waals surface area contributed by atoms with Crippen molar-refractivity contribution in [3.05, 3.63) is 59.9 Å². The summed E-state index contributed by atoms with van der Waals surface area (Å²) >= 11 is 0. The van der Waals surface area contributed by atoms with Crippen LogP contribution in [0.25, 0.3) is 0 Å². The molecule has 0 aliphatic heterocycles. The van der Waals surface area contributed by atoms with Crippen molar-refractivity contribution >= 4 is 15.9 Å². The maximum Gasteiger partial charge on any atom is 0.251 e. The molecule has 134 valence electrons. The van der Waals surface area contributed by atoms with Crippen LogP contribution in [0, 0.1) is 5.82 Å². The largest absolute Gasteiger partial charge is 0.492 e. The summed E-state index contributed by atoms with van der Waals surface area (Å²) in [6.45, 7) is 0.412. The molecule has 2 aromatic carbocycles. The number of halogens is 1. The second-order valence-corrected chi connectivity index (χ2v) is 7.53. The summed E-state index contributed by atoms with van der Waals surface area (Å²) in [4.78, 5) is 12.1. The highest BCUT2D eigenvalue weighted by atomic mass is 32.2. The van der Waals surface area contributed by atoms with Gasteiger partial charge in [0.15, 0.2) is 0 Å². The first-order valence-corrected chi connectivity index (χ1v) is 8.94. The van der Waals surface area contributed by atoms with Crippen LogP contribution in [0.3, 0.4) is 0 Å². The number of benzene rings is 2. The second kappa shape index (κ2) is 8.09. The molecular weight excluding hydrogens is 347 g/mol. The van der Waals surface area contributed by atoms with Crippen LogP contribution in [0.1, 0.15) is 10.4 Å². The summed E-state index contributed by atoms with van der Waals surface area (Å²) in [7, 11) is -0.645. The van der Waals surface area contributed by atoms with Gasteiger partial charge in [0.05, 0.1) is 11.4 Å². The number of carbonyl (C=O) groups excluding carboxylic acids is 1. The first-order chi connectivity index (χ1) is 11.8. The van der Waals surface area contributed by atoms with Crippen molar-refractivity contribution in [3.8, 4) is 5.75 Å². The van der Waals surface area contributed by atoms with Crippen molar-refractivity contribution in [2.75, 3.05) is 27.2 Å². The molecule has 0 aliphatic carbocycles. The number of hydrogen-bond donors (Lipinski definition) is 1. The lowest BCUT2D eigenvalue weighted by Crippen LogP contribution is -2.28. The van der Waals surface area contributed by atoms with E-state index in [2.05, 4.69) is 5.32 Å². The Morgan fingerprint density at radius 3 is 2.44 bits per heavy atom. The summed E-state index contributed by atoms with van der Waals surface area (Å²) < 4.78 is 43.4. The number of ether oxygens (including phenoxy) is 1. The van der Waals surface area contributed by atoms with Crippen LogP contribution >= 0.6 is 0 Å². The lowest BCUT2D eigenvalue weighted by atomic mass is 10.2. The molecule has 25 heavy (non-hydrogen) atoms. The van der Waals surface area contributed by atoms with Gasteiger partial charge in [-0.2, -0.15) is 0 Å². The zero-order valence-electron chi connectivity index (χ0n) is 13.9. The van der Waals surface area contributed by atoms with Gasteiger partial charge >= 0.3 is 0 Å². The molecule has 1 N–H and O–H groups in total. The molecule has 0 fully saturated rings. The Balaban J connectivity index is 1.87. The van der Waals surface area contributed by atoms with Gasteiger partial charge in [-0.15, -0.1) is 0 Å². The van der Waals surface area contributed by atoms with Gasteiger partial charge in [-0.1, -0.05) is 6.07 Å². The van der Waals surface area contributed by atoms with Crippen LogP contribution in [-0.4, -0.2) is 45.9 Å². The molecule has 2 aromatic rings. The van der Waals surface area contributed by atoms with Crippen molar-refractivity contribution in [2.24, 2.45) is 0 Å². The molecule has 0 saturated carbocycles. The number of carbonyl (C=O) groups is 1.